The monoisotopic (exact) mass is 263 g/mol. The number of amides is 1. The van der Waals surface area contributed by atoms with Crippen LogP contribution in [0.15, 0.2) is 23.4 Å². The summed E-state index contributed by atoms with van der Waals surface area (Å²) in [7, 11) is 0. The molecule has 0 radical (unpaired) electrons. The molecule has 1 aromatic rings. The van der Waals surface area contributed by atoms with Crippen LogP contribution in [-0.4, -0.2) is 34.9 Å². The number of oxime groups is 1. The van der Waals surface area contributed by atoms with E-state index in [1.54, 1.807) is 4.90 Å². The largest absolute Gasteiger partial charge is 0.409 e. The molecule has 0 aliphatic carbocycles. The highest BCUT2D eigenvalue weighted by molar-refractivity contribution is 5.97. The molecule has 0 saturated carbocycles. The second kappa shape index (κ2) is 6.78. The summed E-state index contributed by atoms with van der Waals surface area (Å²) >= 11 is 0. The van der Waals surface area contributed by atoms with Crippen molar-refractivity contribution in [2.24, 2.45) is 10.9 Å². The first kappa shape index (κ1) is 15.0. The molecular weight excluding hydrogens is 242 g/mol. The molecule has 0 aliphatic heterocycles. The van der Waals surface area contributed by atoms with E-state index in [1.165, 1.54) is 0 Å². The molecule has 0 fully saturated rings. The molecule has 1 amide bonds. The molecule has 3 N–H and O–H groups in total. The Morgan fingerprint density at radius 1 is 1.32 bits per heavy atom. The summed E-state index contributed by atoms with van der Waals surface area (Å²) in [5, 5.41) is 11.5. The van der Waals surface area contributed by atoms with E-state index in [4.69, 9.17) is 10.9 Å². The molecule has 104 valence electrons. The van der Waals surface area contributed by atoms with Crippen molar-refractivity contribution in [3.8, 4) is 0 Å². The van der Waals surface area contributed by atoms with Gasteiger partial charge in [0.25, 0.3) is 5.91 Å². The van der Waals surface area contributed by atoms with Crippen molar-refractivity contribution in [2.75, 3.05) is 13.1 Å². The first-order valence-corrected chi connectivity index (χ1v) is 6.32. The maximum absolute atomic E-state index is 12.4. The lowest BCUT2D eigenvalue weighted by molar-refractivity contribution is 0.0778. The van der Waals surface area contributed by atoms with Gasteiger partial charge in [-0.15, -0.1) is 0 Å². The normalized spacial score (nSPS) is 11.4. The first-order valence-electron chi connectivity index (χ1n) is 6.32. The zero-order chi connectivity index (χ0) is 14.4. The van der Waals surface area contributed by atoms with Gasteiger partial charge in [-0.1, -0.05) is 29.3 Å². The molecule has 5 nitrogen and oxygen atoms in total. The maximum Gasteiger partial charge on any atom is 0.254 e. The number of benzene rings is 1. The predicted octanol–water partition coefficient (Wildman–Crippen LogP) is 1.90. The molecule has 0 aromatic heterocycles. The Bertz CT molecular complexity index is 463. The molecule has 0 atom stereocenters. The molecular formula is C14H21N3O2. The van der Waals surface area contributed by atoms with Gasteiger partial charge in [0.05, 0.1) is 6.54 Å². The Hall–Kier alpha value is -2.04. The fourth-order valence-corrected chi connectivity index (χ4v) is 2.03. The van der Waals surface area contributed by atoms with Gasteiger partial charge in [0.2, 0.25) is 0 Å². The fourth-order valence-electron chi connectivity index (χ4n) is 2.03. The number of nitrogens with two attached hydrogens (primary N) is 1. The van der Waals surface area contributed by atoms with E-state index in [9.17, 15) is 4.79 Å². The van der Waals surface area contributed by atoms with Gasteiger partial charge in [0.15, 0.2) is 5.84 Å². The molecule has 0 aliphatic rings. The highest BCUT2D eigenvalue weighted by Crippen LogP contribution is 2.12. The Balaban J connectivity index is 2.98. The van der Waals surface area contributed by atoms with Gasteiger partial charge in [-0.05, 0) is 32.4 Å². The maximum atomic E-state index is 12.4. The third-order valence-electron chi connectivity index (χ3n) is 2.73. The second-order valence-electron chi connectivity index (χ2n) is 4.69. The number of hydrogen-bond donors (Lipinski definition) is 2. The molecule has 0 spiro atoms. The minimum Gasteiger partial charge on any atom is -0.409 e. The van der Waals surface area contributed by atoms with Crippen LogP contribution in [0.25, 0.3) is 0 Å². The van der Waals surface area contributed by atoms with Gasteiger partial charge in [-0.3, -0.25) is 4.79 Å². The Morgan fingerprint density at radius 2 is 1.89 bits per heavy atom. The van der Waals surface area contributed by atoms with E-state index >= 15 is 0 Å². The van der Waals surface area contributed by atoms with Crippen molar-refractivity contribution < 1.29 is 10.0 Å². The lowest BCUT2D eigenvalue weighted by Crippen LogP contribution is -2.39. The summed E-state index contributed by atoms with van der Waals surface area (Å²) in [6, 6.07) is 5.72. The summed E-state index contributed by atoms with van der Waals surface area (Å²) in [6.07, 6.45) is 0.815. The minimum absolute atomic E-state index is 0.0335. The smallest absolute Gasteiger partial charge is 0.254 e. The van der Waals surface area contributed by atoms with E-state index < -0.39 is 0 Å². The number of hydrogen-bond acceptors (Lipinski definition) is 3. The van der Waals surface area contributed by atoms with Crippen LogP contribution in [0.2, 0.25) is 0 Å². The van der Waals surface area contributed by atoms with Gasteiger partial charge < -0.3 is 15.8 Å². The van der Waals surface area contributed by atoms with Crippen LogP contribution >= 0.6 is 0 Å². The fraction of sp³-hybridized carbons (Fsp3) is 0.429. The van der Waals surface area contributed by atoms with E-state index in [0.29, 0.717) is 12.1 Å². The van der Waals surface area contributed by atoms with Crippen LogP contribution in [-0.2, 0) is 0 Å². The first-order chi connectivity index (χ1) is 8.97. The Kier molecular flexibility index (Phi) is 5.36. The highest BCUT2D eigenvalue weighted by Gasteiger charge is 2.16. The predicted molar refractivity (Wildman–Crippen MR) is 75.5 cm³/mol. The number of aryl methyl sites for hydroxylation is 2. The van der Waals surface area contributed by atoms with Crippen LogP contribution in [0, 0.1) is 13.8 Å². The second-order valence-corrected chi connectivity index (χ2v) is 4.69. The molecule has 19 heavy (non-hydrogen) atoms. The number of nitrogens with zero attached hydrogens (tertiary/aromatic N) is 2. The molecule has 0 heterocycles. The molecule has 1 aromatic carbocycles. The van der Waals surface area contributed by atoms with Crippen LogP contribution in [0.1, 0.15) is 34.8 Å². The van der Waals surface area contributed by atoms with Crippen molar-refractivity contribution in [1.29, 1.82) is 0 Å². The SMILES string of the molecule is CCCN(CC(N)=NO)C(=O)c1cc(C)cc(C)c1. The molecule has 0 saturated heterocycles. The molecule has 1 rings (SSSR count). The zero-order valence-electron chi connectivity index (χ0n) is 11.7. The van der Waals surface area contributed by atoms with E-state index in [0.717, 1.165) is 17.5 Å². The third kappa shape index (κ3) is 4.28. The Morgan fingerprint density at radius 3 is 2.37 bits per heavy atom. The van der Waals surface area contributed by atoms with E-state index in [-0.39, 0.29) is 18.3 Å². The van der Waals surface area contributed by atoms with Gasteiger partial charge in [-0.25, -0.2) is 0 Å². The summed E-state index contributed by atoms with van der Waals surface area (Å²) in [5.74, 6) is -0.0635. The van der Waals surface area contributed by atoms with Crippen LogP contribution in [0.4, 0.5) is 0 Å². The van der Waals surface area contributed by atoms with Gasteiger partial charge >= 0.3 is 0 Å². The van der Waals surface area contributed by atoms with Crippen LogP contribution in [0.5, 0.6) is 0 Å². The quantitative estimate of drug-likeness (QED) is 0.368. The van der Waals surface area contributed by atoms with Crippen molar-refractivity contribution in [1.82, 2.24) is 4.90 Å². The number of carbonyl (C=O) groups is 1. The molecule has 0 unspecified atom stereocenters. The standard InChI is InChI=1S/C14H21N3O2/c1-4-5-17(9-13(15)16-19)14(18)12-7-10(2)6-11(3)8-12/h6-8,19H,4-5,9H2,1-3H3,(H2,15,16). The average molecular weight is 263 g/mol. The molecule has 5 heteroatoms. The van der Waals surface area contributed by atoms with Crippen LogP contribution < -0.4 is 5.73 Å². The third-order valence-corrected chi connectivity index (χ3v) is 2.73. The lowest BCUT2D eigenvalue weighted by Gasteiger charge is -2.21. The summed E-state index contributed by atoms with van der Waals surface area (Å²) < 4.78 is 0. The number of carbonyl (C=O) groups excluding carboxylic acids is 1. The summed E-state index contributed by atoms with van der Waals surface area (Å²) in [6.45, 7) is 6.60. The van der Waals surface area contributed by atoms with Gasteiger partial charge in [-0.2, -0.15) is 0 Å². The number of amidine groups is 1. The molecule has 0 bridgehead atoms. The minimum atomic E-state index is -0.0970. The van der Waals surface area contributed by atoms with E-state index in [1.807, 2.05) is 39.0 Å². The number of rotatable bonds is 5. The average Bonchev–Trinajstić information content (AvgIpc) is 2.36. The summed E-state index contributed by atoms with van der Waals surface area (Å²) in [4.78, 5) is 14.0. The van der Waals surface area contributed by atoms with Crippen LogP contribution in [0.3, 0.4) is 0 Å². The van der Waals surface area contributed by atoms with Crippen molar-refractivity contribution in [3.05, 3.63) is 34.9 Å². The summed E-state index contributed by atoms with van der Waals surface area (Å²) in [5.41, 5.74) is 8.21. The van der Waals surface area contributed by atoms with Gasteiger partial charge in [0, 0.05) is 12.1 Å². The van der Waals surface area contributed by atoms with Crippen molar-refractivity contribution >= 4 is 11.7 Å². The lowest BCUT2D eigenvalue weighted by atomic mass is 10.1. The van der Waals surface area contributed by atoms with Crippen molar-refractivity contribution in [3.63, 3.8) is 0 Å². The van der Waals surface area contributed by atoms with E-state index in [2.05, 4.69) is 5.16 Å². The Labute approximate surface area is 113 Å². The van der Waals surface area contributed by atoms with Gasteiger partial charge in [0.1, 0.15) is 0 Å². The zero-order valence-corrected chi connectivity index (χ0v) is 11.7. The highest BCUT2D eigenvalue weighted by atomic mass is 16.4. The topological polar surface area (TPSA) is 78.9 Å². The van der Waals surface area contributed by atoms with Crippen molar-refractivity contribution in [2.45, 2.75) is 27.2 Å².